The summed E-state index contributed by atoms with van der Waals surface area (Å²) in [5.41, 5.74) is 0.640. The Bertz CT molecular complexity index is 903. The molecule has 0 amide bonds. The largest absolute Gasteiger partial charge is 0.415 e. The molecular weight excluding hydrogens is 573 g/mol. The van der Waals surface area contributed by atoms with Crippen molar-refractivity contribution in [1.82, 2.24) is 0 Å². The fraction of sp³-hybridized carbons (Fsp3) is 1.00. The summed E-state index contributed by atoms with van der Waals surface area (Å²) in [6.45, 7) is 34.5. The molecule has 4 saturated carbocycles. The normalized spacial score (nSPS) is 41.0. The van der Waals surface area contributed by atoms with E-state index in [4.69, 9.17) is 17.7 Å². The summed E-state index contributed by atoms with van der Waals surface area (Å²) in [5, 5.41) is 0. The van der Waals surface area contributed by atoms with Gasteiger partial charge in [-0.3, -0.25) is 0 Å². The van der Waals surface area contributed by atoms with Crippen molar-refractivity contribution in [3.63, 3.8) is 0 Å². The van der Waals surface area contributed by atoms with E-state index in [2.05, 4.69) is 92.4 Å². The molecule has 0 N–H and O–H groups in total. The molecule has 8 heteroatoms. The Labute approximate surface area is 259 Å². The van der Waals surface area contributed by atoms with Crippen LogP contribution in [0.1, 0.15) is 65.2 Å². The van der Waals surface area contributed by atoms with E-state index >= 15 is 0 Å². The molecule has 0 radical (unpaired) electrons. The standard InChI is InChI=1S/C33H68O4Si4/c1-32-20-19-25(35-39(6,7)8)21-24(32)15-16-26-27-17-18-28(30(37-41(12,13)14)23-34-38(3,4)5)33(27,2)22-29(31(26)32)36-40(9,10)11/h24-31H,15-23H2,1-14H3/t24-,25-,26-,27-,28+,29-,30-,31+,32-,33-/m0/s1. The first-order valence-corrected chi connectivity index (χ1v) is 30.8. The molecule has 0 spiro atoms. The Morgan fingerprint density at radius 1 is 0.683 bits per heavy atom. The lowest BCUT2D eigenvalue weighted by molar-refractivity contribution is -0.176. The molecule has 4 aliphatic rings. The topological polar surface area (TPSA) is 36.9 Å². The van der Waals surface area contributed by atoms with Crippen LogP contribution in [-0.4, -0.2) is 58.2 Å². The number of rotatable bonds is 10. The summed E-state index contributed by atoms with van der Waals surface area (Å²) in [6.07, 6.45) is 11.5. The van der Waals surface area contributed by atoms with Gasteiger partial charge in [0.1, 0.15) is 0 Å². The van der Waals surface area contributed by atoms with Crippen molar-refractivity contribution in [2.45, 2.75) is 162 Å². The van der Waals surface area contributed by atoms with Gasteiger partial charge in [0.05, 0.1) is 12.7 Å². The van der Waals surface area contributed by atoms with Crippen LogP contribution in [0.2, 0.25) is 78.6 Å². The molecule has 0 aliphatic heterocycles. The van der Waals surface area contributed by atoms with E-state index in [1.165, 1.54) is 51.4 Å². The number of hydrogen-bond acceptors (Lipinski definition) is 4. The second kappa shape index (κ2) is 11.8. The third kappa shape index (κ3) is 8.11. The third-order valence-electron chi connectivity index (χ3n) is 11.3. The molecule has 0 aromatic carbocycles. The van der Waals surface area contributed by atoms with Crippen molar-refractivity contribution in [2.75, 3.05) is 6.61 Å². The van der Waals surface area contributed by atoms with Crippen LogP contribution in [0.3, 0.4) is 0 Å². The van der Waals surface area contributed by atoms with Gasteiger partial charge in [-0.1, -0.05) is 13.8 Å². The molecule has 0 aromatic heterocycles. The highest BCUT2D eigenvalue weighted by Crippen LogP contribution is 2.68. The summed E-state index contributed by atoms with van der Waals surface area (Å²) in [4.78, 5) is 0. The van der Waals surface area contributed by atoms with Crippen LogP contribution >= 0.6 is 0 Å². The highest BCUT2D eigenvalue weighted by molar-refractivity contribution is 6.70. The van der Waals surface area contributed by atoms with Crippen molar-refractivity contribution in [3.05, 3.63) is 0 Å². The minimum atomic E-state index is -1.72. The average Bonchev–Trinajstić information content (AvgIpc) is 3.10. The molecule has 10 atom stereocenters. The van der Waals surface area contributed by atoms with Gasteiger partial charge in [-0.15, -0.1) is 0 Å². The zero-order valence-electron chi connectivity index (χ0n) is 29.6. The van der Waals surface area contributed by atoms with Gasteiger partial charge in [0.25, 0.3) is 0 Å². The Kier molecular flexibility index (Phi) is 9.96. The van der Waals surface area contributed by atoms with Crippen LogP contribution in [0.25, 0.3) is 0 Å². The molecule has 0 saturated heterocycles. The Balaban J connectivity index is 1.65. The molecular formula is C33H68O4Si4. The lowest BCUT2D eigenvalue weighted by Gasteiger charge is -2.64. The smallest absolute Gasteiger partial charge is 0.184 e. The van der Waals surface area contributed by atoms with Crippen molar-refractivity contribution < 1.29 is 17.7 Å². The first-order valence-electron chi connectivity index (χ1n) is 17.2. The first kappa shape index (κ1) is 34.6. The number of fused-ring (bicyclic) bond motifs is 5. The van der Waals surface area contributed by atoms with Crippen LogP contribution in [-0.2, 0) is 17.7 Å². The Morgan fingerprint density at radius 3 is 1.88 bits per heavy atom. The molecule has 4 nitrogen and oxygen atoms in total. The minimum absolute atomic E-state index is 0.216. The first-order chi connectivity index (χ1) is 18.5. The molecule has 0 aromatic rings. The van der Waals surface area contributed by atoms with Crippen molar-refractivity contribution >= 4 is 33.3 Å². The zero-order chi connectivity index (χ0) is 30.8. The quantitative estimate of drug-likeness (QED) is 0.223. The summed E-state index contributed by atoms with van der Waals surface area (Å²) >= 11 is 0. The van der Waals surface area contributed by atoms with Gasteiger partial charge in [-0.05, 0) is 170 Å². The van der Waals surface area contributed by atoms with E-state index in [9.17, 15) is 0 Å². The molecule has 4 rings (SSSR count). The molecule has 4 aliphatic carbocycles. The van der Waals surface area contributed by atoms with Crippen LogP contribution < -0.4 is 0 Å². The fourth-order valence-corrected chi connectivity index (χ4v) is 14.3. The summed E-state index contributed by atoms with van der Waals surface area (Å²) in [6, 6.07) is 0. The number of hydrogen-bond donors (Lipinski definition) is 0. The zero-order valence-corrected chi connectivity index (χ0v) is 33.6. The monoisotopic (exact) mass is 640 g/mol. The van der Waals surface area contributed by atoms with Gasteiger partial charge >= 0.3 is 0 Å². The molecule has 0 bridgehead atoms. The predicted octanol–water partition coefficient (Wildman–Crippen LogP) is 9.77. The average molecular weight is 641 g/mol. The van der Waals surface area contributed by atoms with Crippen LogP contribution in [0.15, 0.2) is 0 Å². The molecule has 0 heterocycles. The van der Waals surface area contributed by atoms with E-state index in [1.54, 1.807) is 0 Å². The third-order valence-corrected chi connectivity index (χ3v) is 15.3. The summed E-state index contributed by atoms with van der Waals surface area (Å²) in [5.74, 6) is 3.60. The van der Waals surface area contributed by atoms with Crippen molar-refractivity contribution in [2.24, 2.45) is 40.4 Å². The van der Waals surface area contributed by atoms with E-state index in [0.717, 1.165) is 24.4 Å². The lowest BCUT2D eigenvalue weighted by atomic mass is 9.43. The fourth-order valence-electron chi connectivity index (χ4n) is 10.1. The van der Waals surface area contributed by atoms with Crippen LogP contribution in [0, 0.1) is 40.4 Å². The van der Waals surface area contributed by atoms with Gasteiger partial charge < -0.3 is 17.7 Å². The second-order valence-corrected chi connectivity index (χ2v) is 37.0. The molecule has 41 heavy (non-hydrogen) atoms. The van der Waals surface area contributed by atoms with Gasteiger partial charge in [0.15, 0.2) is 33.3 Å². The minimum Gasteiger partial charge on any atom is -0.415 e. The van der Waals surface area contributed by atoms with Crippen LogP contribution in [0.4, 0.5) is 0 Å². The Hall–Kier alpha value is 0.708. The van der Waals surface area contributed by atoms with E-state index in [-0.39, 0.29) is 11.5 Å². The molecule has 0 unspecified atom stereocenters. The summed E-state index contributed by atoms with van der Waals surface area (Å²) < 4.78 is 27.7. The second-order valence-electron chi connectivity index (χ2n) is 19.1. The maximum atomic E-state index is 7.34. The van der Waals surface area contributed by atoms with Gasteiger partial charge in [-0.2, -0.15) is 0 Å². The molecule has 4 fully saturated rings. The van der Waals surface area contributed by atoms with Crippen molar-refractivity contribution in [1.29, 1.82) is 0 Å². The van der Waals surface area contributed by atoms with Gasteiger partial charge in [0.2, 0.25) is 0 Å². The van der Waals surface area contributed by atoms with Crippen molar-refractivity contribution in [3.8, 4) is 0 Å². The van der Waals surface area contributed by atoms with E-state index in [0.29, 0.717) is 29.5 Å². The molecule has 240 valence electrons. The summed E-state index contributed by atoms with van der Waals surface area (Å²) in [7, 11) is -6.60. The maximum absolute atomic E-state index is 7.34. The van der Waals surface area contributed by atoms with Gasteiger partial charge in [0, 0.05) is 12.2 Å². The van der Waals surface area contributed by atoms with E-state index < -0.39 is 33.3 Å². The highest BCUT2D eigenvalue weighted by atomic mass is 28.4. The van der Waals surface area contributed by atoms with Crippen LogP contribution in [0.5, 0.6) is 0 Å². The predicted molar refractivity (Wildman–Crippen MR) is 185 cm³/mol. The maximum Gasteiger partial charge on any atom is 0.184 e. The van der Waals surface area contributed by atoms with Gasteiger partial charge in [-0.25, -0.2) is 0 Å². The lowest BCUT2D eigenvalue weighted by Crippen LogP contribution is -2.62. The highest BCUT2D eigenvalue weighted by Gasteiger charge is 2.65. The SMILES string of the molecule is C[C@]12CC[C@H](O[Si](C)(C)C)C[C@@H]1CC[C@@H]1[C@@H]2[C@@H](O[Si](C)(C)C)C[C@]2(C)[C@@H]([C@H](CO[Si](C)(C)C)O[Si](C)(C)C)CC[C@@H]12. The van der Waals surface area contributed by atoms with E-state index in [1.807, 2.05) is 0 Å². The Morgan fingerprint density at radius 2 is 1.32 bits per heavy atom.